The topological polar surface area (TPSA) is 47.6 Å². The molecule has 0 radical (unpaired) electrons. The minimum absolute atomic E-state index is 0.586. The third-order valence-electron chi connectivity index (χ3n) is 5.95. The summed E-state index contributed by atoms with van der Waals surface area (Å²) in [7, 11) is 0. The number of aryl methyl sites for hydroxylation is 1. The fourth-order valence-electron chi connectivity index (χ4n) is 4.33. The van der Waals surface area contributed by atoms with Crippen LogP contribution in [0.1, 0.15) is 16.7 Å². The van der Waals surface area contributed by atoms with E-state index in [9.17, 15) is 5.26 Å². The molecule has 0 atom stereocenters. The van der Waals surface area contributed by atoms with Gasteiger partial charge in [-0.05, 0) is 48.4 Å². The van der Waals surface area contributed by atoms with Crippen molar-refractivity contribution in [3.63, 3.8) is 0 Å². The van der Waals surface area contributed by atoms with E-state index in [-0.39, 0.29) is 0 Å². The number of fused-ring (bicyclic) bond motifs is 3. The van der Waals surface area contributed by atoms with Crippen molar-refractivity contribution in [2.75, 3.05) is 31.1 Å². The van der Waals surface area contributed by atoms with Crippen molar-refractivity contribution in [2.45, 2.75) is 13.5 Å². The summed E-state index contributed by atoms with van der Waals surface area (Å²) in [5.74, 6) is 1.09. The Kier molecular flexibility index (Phi) is 5.23. The first kappa shape index (κ1) is 20.1. The summed E-state index contributed by atoms with van der Waals surface area (Å²) in [4.78, 5) is 9.58. The lowest BCUT2D eigenvalue weighted by atomic mass is 10.1. The molecule has 7 heteroatoms. The van der Waals surface area contributed by atoms with Crippen LogP contribution in [0.4, 0.5) is 5.82 Å². The third-order valence-corrected chi connectivity index (χ3v) is 6.69. The normalized spacial score (nSPS) is 15.0. The maximum absolute atomic E-state index is 9.71. The van der Waals surface area contributed by atoms with Crippen LogP contribution >= 0.6 is 23.2 Å². The molecule has 0 amide bonds. The van der Waals surface area contributed by atoms with Crippen LogP contribution in [-0.4, -0.2) is 40.5 Å². The first-order valence-corrected chi connectivity index (χ1v) is 11.0. The zero-order chi connectivity index (χ0) is 21.5. The number of pyridine rings is 1. The molecule has 1 fully saturated rings. The molecule has 0 spiro atoms. The number of halogens is 2. The Morgan fingerprint density at radius 2 is 1.77 bits per heavy atom. The molecule has 0 aliphatic carbocycles. The van der Waals surface area contributed by atoms with E-state index in [1.165, 1.54) is 5.56 Å². The number of hydrogen-bond donors (Lipinski definition) is 0. The van der Waals surface area contributed by atoms with Crippen molar-refractivity contribution >= 4 is 45.7 Å². The third kappa shape index (κ3) is 3.61. The van der Waals surface area contributed by atoms with Gasteiger partial charge in [0.15, 0.2) is 5.65 Å². The van der Waals surface area contributed by atoms with Gasteiger partial charge in [-0.1, -0.05) is 41.4 Å². The van der Waals surface area contributed by atoms with Crippen LogP contribution < -0.4 is 4.90 Å². The summed E-state index contributed by atoms with van der Waals surface area (Å²) in [6, 6.07) is 18.4. The highest BCUT2D eigenvalue weighted by Gasteiger charge is 2.22. The number of rotatable bonds is 3. The van der Waals surface area contributed by atoms with Crippen molar-refractivity contribution in [2.24, 2.45) is 0 Å². The zero-order valence-corrected chi connectivity index (χ0v) is 18.7. The fraction of sp³-hybridized carbons (Fsp3) is 0.250. The fourth-order valence-corrected chi connectivity index (χ4v) is 4.66. The van der Waals surface area contributed by atoms with Crippen LogP contribution in [0.2, 0.25) is 10.0 Å². The molecule has 0 bridgehead atoms. The number of hydrogen-bond acceptors (Lipinski definition) is 4. The van der Waals surface area contributed by atoms with Gasteiger partial charge in [-0.2, -0.15) is 5.26 Å². The van der Waals surface area contributed by atoms with Crippen LogP contribution in [0.25, 0.3) is 16.7 Å². The van der Waals surface area contributed by atoms with E-state index in [4.69, 9.17) is 28.2 Å². The molecule has 1 aliphatic heterocycles. The minimum atomic E-state index is 0.586. The largest absolute Gasteiger partial charge is 0.355 e. The number of imidazole rings is 1. The average Bonchev–Trinajstić information content (AvgIpc) is 3.16. The summed E-state index contributed by atoms with van der Waals surface area (Å²) >= 11 is 12.2. The standard InChI is InChI=1S/C24H21Cl2N5/c1-16-12-23(31-22-5-3-2-4-21(22)28-24(31)18(16)14-27)30-10-8-29(9-11-30)15-17-6-7-19(25)20(26)13-17/h2-7,12-13H,8-11,15H2,1H3. The summed E-state index contributed by atoms with van der Waals surface area (Å²) < 4.78 is 2.13. The van der Waals surface area contributed by atoms with Crippen LogP contribution in [-0.2, 0) is 6.54 Å². The summed E-state index contributed by atoms with van der Waals surface area (Å²) in [5.41, 5.74) is 5.43. The Morgan fingerprint density at radius 1 is 1.00 bits per heavy atom. The lowest BCUT2D eigenvalue weighted by Crippen LogP contribution is -2.46. The summed E-state index contributed by atoms with van der Waals surface area (Å²) in [6.07, 6.45) is 0. The van der Waals surface area contributed by atoms with Gasteiger partial charge in [0.2, 0.25) is 0 Å². The number of benzene rings is 2. The number of nitriles is 1. The number of piperazine rings is 1. The van der Waals surface area contributed by atoms with Crippen molar-refractivity contribution in [3.8, 4) is 6.07 Å². The molecule has 156 valence electrons. The number of aromatic nitrogens is 2. The highest BCUT2D eigenvalue weighted by molar-refractivity contribution is 6.42. The molecule has 3 heterocycles. The first-order chi connectivity index (χ1) is 15.0. The molecule has 2 aromatic carbocycles. The molecule has 2 aromatic heterocycles. The second-order valence-electron chi connectivity index (χ2n) is 7.94. The molecule has 0 unspecified atom stereocenters. The minimum Gasteiger partial charge on any atom is -0.355 e. The number of anilines is 1. The van der Waals surface area contributed by atoms with Gasteiger partial charge in [-0.25, -0.2) is 4.98 Å². The average molecular weight is 450 g/mol. The molecule has 31 heavy (non-hydrogen) atoms. The highest BCUT2D eigenvalue weighted by atomic mass is 35.5. The van der Waals surface area contributed by atoms with Gasteiger partial charge >= 0.3 is 0 Å². The lowest BCUT2D eigenvalue weighted by Gasteiger charge is -2.36. The summed E-state index contributed by atoms with van der Waals surface area (Å²) in [5, 5.41) is 10.9. The molecule has 0 N–H and O–H groups in total. The second-order valence-corrected chi connectivity index (χ2v) is 8.76. The van der Waals surface area contributed by atoms with Crippen LogP contribution in [0, 0.1) is 18.3 Å². The van der Waals surface area contributed by atoms with E-state index in [0.717, 1.165) is 60.8 Å². The van der Waals surface area contributed by atoms with Crippen molar-refractivity contribution in [1.82, 2.24) is 14.3 Å². The Hall–Kier alpha value is -2.78. The lowest BCUT2D eigenvalue weighted by molar-refractivity contribution is 0.249. The molecular formula is C24H21Cl2N5. The Morgan fingerprint density at radius 3 is 2.52 bits per heavy atom. The van der Waals surface area contributed by atoms with E-state index >= 15 is 0 Å². The maximum Gasteiger partial charge on any atom is 0.157 e. The molecule has 4 aromatic rings. The molecular weight excluding hydrogens is 429 g/mol. The van der Waals surface area contributed by atoms with Gasteiger partial charge in [0.25, 0.3) is 0 Å². The Labute approximate surface area is 191 Å². The molecule has 0 saturated carbocycles. The quantitative estimate of drug-likeness (QED) is 0.425. The molecule has 5 nitrogen and oxygen atoms in total. The Bertz CT molecular complexity index is 1330. The van der Waals surface area contributed by atoms with Crippen molar-refractivity contribution < 1.29 is 0 Å². The van der Waals surface area contributed by atoms with E-state index in [1.807, 2.05) is 43.3 Å². The van der Waals surface area contributed by atoms with Crippen molar-refractivity contribution in [3.05, 3.63) is 75.3 Å². The van der Waals surface area contributed by atoms with Gasteiger partial charge < -0.3 is 4.90 Å². The first-order valence-electron chi connectivity index (χ1n) is 10.3. The highest BCUT2D eigenvalue weighted by Crippen LogP contribution is 2.29. The number of para-hydroxylation sites is 2. The molecule has 1 aliphatic rings. The SMILES string of the molecule is Cc1cc(N2CCN(Cc3ccc(Cl)c(Cl)c3)CC2)n2c(nc3ccccc32)c1C#N. The van der Waals surface area contributed by atoms with Crippen LogP contribution in [0.5, 0.6) is 0 Å². The predicted molar refractivity (Wildman–Crippen MR) is 126 cm³/mol. The van der Waals surface area contributed by atoms with E-state index in [2.05, 4.69) is 32.4 Å². The number of nitrogens with zero attached hydrogens (tertiary/aromatic N) is 5. The molecule has 1 saturated heterocycles. The van der Waals surface area contributed by atoms with E-state index in [1.54, 1.807) is 0 Å². The van der Waals surface area contributed by atoms with Gasteiger partial charge in [0, 0.05) is 32.7 Å². The van der Waals surface area contributed by atoms with Crippen molar-refractivity contribution in [1.29, 1.82) is 5.26 Å². The van der Waals surface area contributed by atoms with Crippen LogP contribution in [0.3, 0.4) is 0 Å². The van der Waals surface area contributed by atoms with E-state index in [0.29, 0.717) is 15.6 Å². The second kappa shape index (κ2) is 8.05. The Balaban J connectivity index is 1.44. The van der Waals surface area contributed by atoms with Gasteiger partial charge in [-0.3, -0.25) is 9.30 Å². The van der Waals surface area contributed by atoms with E-state index < -0.39 is 0 Å². The monoisotopic (exact) mass is 449 g/mol. The van der Waals surface area contributed by atoms with Gasteiger partial charge in [-0.15, -0.1) is 0 Å². The van der Waals surface area contributed by atoms with Crippen LogP contribution in [0.15, 0.2) is 48.5 Å². The summed E-state index contributed by atoms with van der Waals surface area (Å²) in [6.45, 7) is 6.51. The maximum atomic E-state index is 9.71. The van der Waals surface area contributed by atoms with Gasteiger partial charge in [0.1, 0.15) is 11.9 Å². The van der Waals surface area contributed by atoms with Gasteiger partial charge in [0.05, 0.1) is 26.6 Å². The zero-order valence-electron chi connectivity index (χ0n) is 17.1. The molecule has 5 rings (SSSR count). The predicted octanol–water partition coefficient (Wildman–Crippen LogP) is 5.30. The smallest absolute Gasteiger partial charge is 0.157 e.